The molecule has 10 N–H and O–H groups in total. The maximum Gasteiger partial charge on any atom is 0.490 e. The molecule has 101 heavy (non-hydrogen) atoms. The Bertz CT molecular complexity index is 4630. The molecule has 40 heteroatoms. The number of carbonyl (C=O) groups is 4. The monoisotopic (exact) mass is 1470 g/mol. The van der Waals surface area contributed by atoms with Crippen molar-refractivity contribution >= 4 is 91.1 Å². The number of para-hydroxylation sites is 1. The van der Waals surface area contributed by atoms with Gasteiger partial charge >= 0.3 is 34.8 Å². The molecular formula is C61H68N15O21P3S. The number of hydrogen-bond donors (Lipinski definition) is 9. The average Bonchev–Trinajstić information content (AvgIpc) is 1.64. The van der Waals surface area contributed by atoms with E-state index in [4.69, 9.17) is 49.4 Å². The number of fused-ring (bicyclic) bond motifs is 3. The number of aryl methyl sites for hydroxylation is 1. The van der Waals surface area contributed by atoms with Crippen molar-refractivity contribution in [2.75, 3.05) is 76.5 Å². The summed E-state index contributed by atoms with van der Waals surface area (Å²) >= 11 is 1.38. The van der Waals surface area contributed by atoms with Crippen LogP contribution in [-0.4, -0.2) is 142 Å². The van der Waals surface area contributed by atoms with E-state index in [0.29, 0.717) is 71.4 Å². The van der Waals surface area contributed by atoms with Gasteiger partial charge < -0.3 is 74.8 Å². The van der Waals surface area contributed by atoms with Gasteiger partial charge in [0.05, 0.1) is 35.0 Å². The highest BCUT2D eigenvalue weighted by molar-refractivity contribution is 7.66. The second-order valence-electron chi connectivity index (χ2n) is 22.3. The van der Waals surface area contributed by atoms with Gasteiger partial charge in [0.1, 0.15) is 60.0 Å². The SMILES string of the molecule is CCN1CCCc2cc3c(-c4ccccc4C(=O)NCCCC(=O)NCCCCCNC(=O)c4cccc(OCC(N=[N+]=[N-])OCC(=O)NCC#Cc5cn([C@H]6CC(OCN=[N+]=[N-])[C@@H](COP(=O)(O)OP(=O)(O)OP(=O)(O)O)O6)c(=O)nc5N)c4)c(-c4nc5ccccc5s4)c(=O)oc3cc21. The molecule has 0 radical (unpaired) electrons. The largest absolute Gasteiger partial charge is 0.491 e. The maximum absolute atomic E-state index is 14.2. The number of ether oxygens (including phenoxy) is 4. The Morgan fingerprint density at radius 2 is 1.62 bits per heavy atom. The lowest BCUT2D eigenvalue weighted by atomic mass is 9.90. The Hall–Kier alpha value is -9.39. The Labute approximate surface area is 577 Å². The van der Waals surface area contributed by atoms with Gasteiger partial charge in [0, 0.05) is 95.4 Å². The summed E-state index contributed by atoms with van der Waals surface area (Å²) in [6, 6.07) is 25.0. The molecule has 0 aliphatic carbocycles. The number of azide groups is 2. The van der Waals surface area contributed by atoms with Gasteiger partial charge in [0.25, 0.3) is 11.8 Å². The summed E-state index contributed by atoms with van der Waals surface area (Å²) in [6.07, 6.45) is -0.00239. The quantitative estimate of drug-likeness (QED) is 0.00362. The van der Waals surface area contributed by atoms with E-state index >= 15 is 0 Å². The minimum Gasteiger partial charge on any atom is -0.491 e. The van der Waals surface area contributed by atoms with Crippen LogP contribution in [0.25, 0.3) is 63.8 Å². The third-order valence-corrected chi connectivity index (χ3v) is 20.2. The molecule has 3 aromatic heterocycles. The first kappa shape index (κ1) is 75.8. The number of nitrogens with one attached hydrogen (secondary N) is 4. The fourth-order valence-electron chi connectivity index (χ4n) is 10.8. The van der Waals surface area contributed by atoms with Gasteiger partial charge in [-0.05, 0) is 110 Å². The zero-order valence-corrected chi connectivity index (χ0v) is 57.2. The number of amides is 4. The van der Waals surface area contributed by atoms with Gasteiger partial charge in [-0.25, -0.2) is 28.3 Å². The van der Waals surface area contributed by atoms with E-state index in [1.165, 1.54) is 17.4 Å². The normalized spacial score (nSPS) is 16.4. The lowest BCUT2D eigenvalue weighted by Gasteiger charge is -2.30. The summed E-state index contributed by atoms with van der Waals surface area (Å²) in [6.45, 7) is 1.84. The molecule has 5 heterocycles. The molecule has 7 aromatic rings. The van der Waals surface area contributed by atoms with Gasteiger partial charge in [-0.1, -0.05) is 58.5 Å². The molecule has 9 rings (SSSR count). The Kier molecular flexibility index (Phi) is 26.5. The van der Waals surface area contributed by atoms with Gasteiger partial charge in [0.15, 0.2) is 6.23 Å². The van der Waals surface area contributed by atoms with Crippen molar-refractivity contribution in [3.63, 3.8) is 0 Å². The number of benzene rings is 4. The summed E-state index contributed by atoms with van der Waals surface area (Å²) < 4.78 is 77.5. The van der Waals surface area contributed by atoms with E-state index in [-0.39, 0.29) is 72.6 Å². The Morgan fingerprint density at radius 1 is 0.861 bits per heavy atom. The summed E-state index contributed by atoms with van der Waals surface area (Å²) in [5, 5.41) is 19.1. The maximum atomic E-state index is 14.2. The fourth-order valence-corrected chi connectivity index (χ4v) is 14.8. The second kappa shape index (κ2) is 35.3. The number of phosphoric acid groups is 3. The summed E-state index contributed by atoms with van der Waals surface area (Å²) in [7, 11) is -17.2. The molecule has 4 amide bonds. The Balaban J connectivity index is 0.674. The highest BCUT2D eigenvalue weighted by Crippen LogP contribution is 2.66. The number of phosphoric ester groups is 1. The average molecular weight is 1470 g/mol. The summed E-state index contributed by atoms with van der Waals surface area (Å²) in [4.78, 5) is 133. The van der Waals surface area contributed by atoms with Crippen LogP contribution in [0.2, 0.25) is 0 Å². The van der Waals surface area contributed by atoms with E-state index in [1.807, 2.05) is 42.5 Å². The number of carbonyl (C=O) groups excluding carboxylic acids is 4. The van der Waals surface area contributed by atoms with E-state index in [0.717, 1.165) is 58.2 Å². The molecule has 2 aliphatic heterocycles. The van der Waals surface area contributed by atoms with Crippen LogP contribution in [-0.2, 0) is 57.1 Å². The first-order chi connectivity index (χ1) is 48.4. The number of unbranched alkanes of at least 4 members (excludes halogenated alkanes) is 2. The van der Waals surface area contributed by atoms with Crippen LogP contribution < -0.4 is 48.0 Å². The number of aromatic nitrogens is 3. The summed E-state index contributed by atoms with van der Waals surface area (Å²) in [5.74, 6) is 3.48. The topological polar surface area (TPSA) is 518 Å². The van der Waals surface area contributed by atoms with Crippen LogP contribution in [0.3, 0.4) is 0 Å². The number of thiazole rings is 1. The van der Waals surface area contributed by atoms with E-state index in [2.05, 4.69) is 89.2 Å². The summed E-state index contributed by atoms with van der Waals surface area (Å²) in [5.41, 5.74) is 27.5. The third kappa shape index (κ3) is 21.3. The first-order valence-corrected chi connectivity index (χ1v) is 36.5. The zero-order valence-electron chi connectivity index (χ0n) is 53.7. The Morgan fingerprint density at radius 3 is 2.40 bits per heavy atom. The molecule has 4 unspecified atom stereocenters. The van der Waals surface area contributed by atoms with E-state index < -0.39 is 91.2 Å². The molecule has 6 atom stereocenters. The molecule has 0 bridgehead atoms. The molecular weight excluding hydrogens is 1400 g/mol. The molecule has 36 nitrogen and oxygen atoms in total. The lowest BCUT2D eigenvalue weighted by molar-refractivity contribution is -0.128. The van der Waals surface area contributed by atoms with Gasteiger partial charge in [0.2, 0.25) is 11.8 Å². The third-order valence-electron chi connectivity index (χ3n) is 15.4. The molecule has 2 aliphatic rings. The standard InChI is InChI=1S/C61H68N15O21P3S/c1-2-75-27-13-16-37-29-43-46(30-45(37)75)95-60(81)55(59-70-44-20-6-7-21-49(44)101-59)54(43)41-18-4-5-19-42(41)58(80)68-26-12-22-50(77)65-23-8-3-9-24-67-57(79)38-14-10-17-40(28-38)90-35-52(72-74-64)91-34-51(78)66-25-11-15-39-32-76(61(82)71-56(39)62)53-31-47(92-36-69-73-63)48(94-53)33-93-99(86,87)97-100(88,89)96-98(83,84)85/h4-7,10,14,17-21,28-30,32,47-48,52-53H,2-3,8-9,12-13,16,22-27,31,33-36H2,1H3,(H,65,77)(H,66,78)(H,67,79)(H,68,80)(H,86,87)(H,88,89)(H2,62,71,82)(H2,83,84,85)/t47?,48-,52?,53-/m1/s1. The number of rotatable bonds is 34. The molecule has 1 saturated heterocycles. The molecule has 1 fully saturated rings. The molecule has 4 aromatic carbocycles. The van der Waals surface area contributed by atoms with Gasteiger partial charge in [-0.3, -0.25) is 28.3 Å². The molecule has 0 spiro atoms. The number of nitrogen functional groups attached to an aromatic ring is 1. The van der Waals surface area contributed by atoms with Gasteiger partial charge in [-0.2, -0.15) is 13.6 Å². The van der Waals surface area contributed by atoms with Gasteiger partial charge in [-0.15, -0.1) is 11.3 Å². The van der Waals surface area contributed by atoms with E-state index in [9.17, 15) is 57.8 Å². The number of nitrogens with zero attached hydrogens (tertiary/aromatic N) is 10. The minimum atomic E-state index is -5.86. The molecule has 534 valence electrons. The predicted octanol–water partition coefficient (Wildman–Crippen LogP) is 7.36. The fraction of sp³-hybridized carbons (Fsp3) is 0.377. The lowest BCUT2D eigenvalue weighted by Crippen LogP contribution is -2.31. The van der Waals surface area contributed by atoms with Crippen molar-refractivity contribution in [2.45, 2.75) is 83.0 Å². The zero-order chi connectivity index (χ0) is 72.3. The van der Waals surface area contributed by atoms with Crippen LogP contribution in [0.4, 0.5) is 11.5 Å². The van der Waals surface area contributed by atoms with Crippen molar-refractivity contribution < 1.29 is 89.0 Å². The molecule has 0 saturated carbocycles. The van der Waals surface area contributed by atoms with Crippen LogP contribution in [0.1, 0.15) is 89.9 Å². The van der Waals surface area contributed by atoms with Crippen molar-refractivity contribution in [2.24, 2.45) is 10.2 Å². The smallest absolute Gasteiger partial charge is 0.490 e. The van der Waals surface area contributed by atoms with Crippen LogP contribution >= 0.6 is 34.8 Å². The van der Waals surface area contributed by atoms with Crippen LogP contribution in [0, 0.1) is 11.8 Å². The van der Waals surface area contributed by atoms with Crippen molar-refractivity contribution in [3.05, 3.63) is 155 Å². The first-order valence-electron chi connectivity index (χ1n) is 31.2. The highest BCUT2D eigenvalue weighted by Gasteiger charge is 2.44. The van der Waals surface area contributed by atoms with Crippen molar-refractivity contribution in [3.8, 4) is 39.3 Å². The number of nitrogens with two attached hydrogens (primary N) is 1. The van der Waals surface area contributed by atoms with E-state index in [1.54, 1.807) is 30.3 Å². The second-order valence-corrected chi connectivity index (χ2v) is 27.7. The number of anilines is 2. The highest BCUT2D eigenvalue weighted by atomic mass is 32.1. The predicted molar refractivity (Wildman–Crippen MR) is 364 cm³/mol. The minimum absolute atomic E-state index is 0.0496. The van der Waals surface area contributed by atoms with Crippen molar-refractivity contribution in [1.29, 1.82) is 0 Å². The van der Waals surface area contributed by atoms with Crippen LogP contribution in [0.15, 0.2) is 115 Å². The number of hydrogen-bond acceptors (Lipinski definition) is 24. The van der Waals surface area contributed by atoms with Crippen molar-refractivity contribution in [1.82, 2.24) is 35.8 Å². The van der Waals surface area contributed by atoms with Crippen LogP contribution in [0.5, 0.6) is 5.75 Å².